The van der Waals surface area contributed by atoms with Crippen molar-refractivity contribution in [1.82, 2.24) is 5.32 Å². The topological polar surface area (TPSA) is 32.3 Å². The van der Waals surface area contributed by atoms with E-state index in [9.17, 15) is 0 Å². The third-order valence-electron chi connectivity index (χ3n) is 1.93. The zero-order valence-corrected chi connectivity index (χ0v) is 8.97. The van der Waals surface area contributed by atoms with Gasteiger partial charge in [0.25, 0.3) is 0 Å². The first-order valence-electron chi connectivity index (χ1n) is 4.61. The van der Waals surface area contributed by atoms with Crippen molar-refractivity contribution in [2.24, 2.45) is 0 Å². The number of hydrogen-bond acceptors (Lipinski definition) is 3. The molecule has 0 bridgehead atoms. The van der Waals surface area contributed by atoms with E-state index in [0.29, 0.717) is 6.04 Å². The van der Waals surface area contributed by atoms with Crippen molar-refractivity contribution in [3.8, 4) is 0 Å². The van der Waals surface area contributed by atoms with Crippen LogP contribution in [0.2, 0.25) is 0 Å². The van der Waals surface area contributed by atoms with Gasteiger partial charge in [0.15, 0.2) is 0 Å². The molecule has 1 aromatic rings. The molecule has 1 heterocycles. The number of thiophene rings is 1. The minimum Gasteiger partial charge on any atom is -0.395 e. The van der Waals surface area contributed by atoms with Crippen LogP contribution in [-0.4, -0.2) is 23.8 Å². The van der Waals surface area contributed by atoms with E-state index >= 15 is 0 Å². The molecule has 3 heteroatoms. The summed E-state index contributed by atoms with van der Waals surface area (Å²) in [6.45, 7) is 4.34. The van der Waals surface area contributed by atoms with E-state index in [2.05, 4.69) is 29.8 Å². The summed E-state index contributed by atoms with van der Waals surface area (Å²) in [5, 5.41) is 14.3. The zero-order valence-electron chi connectivity index (χ0n) is 8.16. The lowest BCUT2D eigenvalue weighted by molar-refractivity contribution is 0.242. The fourth-order valence-electron chi connectivity index (χ4n) is 1.33. The average molecular weight is 199 g/mol. The number of hydrogen-bond donors (Lipinski definition) is 2. The molecule has 0 saturated carbocycles. The molecule has 0 saturated heterocycles. The van der Waals surface area contributed by atoms with Crippen LogP contribution in [0.3, 0.4) is 0 Å². The Bertz CT molecular complexity index is 223. The van der Waals surface area contributed by atoms with Gasteiger partial charge in [-0.25, -0.2) is 0 Å². The molecule has 0 aliphatic rings. The van der Waals surface area contributed by atoms with Gasteiger partial charge in [0.1, 0.15) is 0 Å². The first-order chi connectivity index (χ1) is 6.22. The Balaban J connectivity index is 2.29. The molecular weight excluding hydrogens is 182 g/mol. The lowest BCUT2D eigenvalue weighted by atomic mass is 10.2. The van der Waals surface area contributed by atoms with Gasteiger partial charge in [-0.2, -0.15) is 0 Å². The minimum atomic E-state index is 0.190. The Morgan fingerprint density at radius 1 is 1.46 bits per heavy atom. The Morgan fingerprint density at radius 2 is 2.23 bits per heavy atom. The van der Waals surface area contributed by atoms with Crippen LogP contribution < -0.4 is 5.32 Å². The number of nitrogens with one attached hydrogen (secondary N) is 1. The predicted octanol–water partition coefficient (Wildman–Crippen LogP) is 1.65. The van der Waals surface area contributed by atoms with E-state index in [0.717, 1.165) is 6.42 Å². The van der Waals surface area contributed by atoms with Crippen LogP contribution in [0, 0.1) is 0 Å². The van der Waals surface area contributed by atoms with E-state index in [1.54, 1.807) is 11.3 Å². The normalized spacial score (nSPS) is 15.6. The van der Waals surface area contributed by atoms with Crippen LogP contribution in [0.15, 0.2) is 17.5 Å². The van der Waals surface area contributed by atoms with Gasteiger partial charge < -0.3 is 10.4 Å². The van der Waals surface area contributed by atoms with Crippen molar-refractivity contribution in [3.05, 3.63) is 22.4 Å². The van der Waals surface area contributed by atoms with Crippen molar-refractivity contribution in [2.45, 2.75) is 32.4 Å². The Hall–Kier alpha value is -0.380. The highest BCUT2D eigenvalue weighted by Crippen LogP contribution is 2.10. The highest BCUT2D eigenvalue weighted by molar-refractivity contribution is 7.09. The fraction of sp³-hybridized carbons (Fsp3) is 0.600. The fourth-order valence-corrected chi connectivity index (χ4v) is 2.16. The van der Waals surface area contributed by atoms with Gasteiger partial charge in [-0.15, -0.1) is 11.3 Å². The van der Waals surface area contributed by atoms with Crippen LogP contribution in [0.4, 0.5) is 0 Å². The lowest BCUT2D eigenvalue weighted by Gasteiger charge is -2.17. The number of aliphatic hydroxyl groups excluding tert-OH is 1. The van der Waals surface area contributed by atoms with Gasteiger partial charge in [-0.3, -0.25) is 0 Å². The monoisotopic (exact) mass is 199 g/mol. The molecule has 2 nitrogen and oxygen atoms in total. The predicted molar refractivity (Wildman–Crippen MR) is 57.2 cm³/mol. The summed E-state index contributed by atoms with van der Waals surface area (Å²) in [7, 11) is 0. The van der Waals surface area contributed by atoms with Crippen LogP contribution in [0.5, 0.6) is 0 Å². The molecule has 1 rings (SSSR count). The second kappa shape index (κ2) is 5.37. The summed E-state index contributed by atoms with van der Waals surface area (Å²) in [4.78, 5) is 1.39. The Morgan fingerprint density at radius 3 is 2.77 bits per heavy atom. The maximum atomic E-state index is 8.85. The molecule has 0 radical (unpaired) electrons. The summed E-state index contributed by atoms with van der Waals surface area (Å²) in [5.74, 6) is 0. The van der Waals surface area contributed by atoms with Gasteiger partial charge in [0.05, 0.1) is 6.61 Å². The van der Waals surface area contributed by atoms with Crippen LogP contribution in [0.25, 0.3) is 0 Å². The molecule has 0 aliphatic carbocycles. The summed E-state index contributed by atoms with van der Waals surface area (Å²) >= 11 is 1.78. The van der Waals surface area contributed by atoms with Crippen molar-refractivity contribution >= 4 is 11.3 Å². The van der Waals surface area contributed by atoms with E-state index < -0.39 is 0 Å². The molecule has 1 unspecified atom stereocenters. The molecule has 13 heavy (non-hydrogen) atoms. The van der Waals surface area contributed by atoms with Crippen molar-refractivity contribution < 1.29 is 5.11 Å². The Kier molecular flexibility index (Phi) is 4.42. The van der Waals surface area contributed by atoms with Crippen LogP contribution in [-0.2, 0) is 6.42 Å². The molecule has 2 atom stereocenters. The van der Waals surface area contributed by atoms with Gasteiger partial charge >= 0.3 is 0 Å². The minimum absolute atomic E-state index is 0.190. The highest BCUT2D eigenvalue weighted by atomic mass is 32.1. The third kappa shape index (κ3) is 3.89. The molecule has 0 aromatic carbocycles. The maximum Gasteiger partial charge on any atom is 0.0582 e. The van der Waals surface area contributed by atoms with Gasteiger partial charge in [-0.05, 0) is 31.7 Å². The molecule has 0 fully saturated rings. The van der Waals surface area contributed by atoms with E-state index in [-0.39, 0.29) is 12.6 Å². The SMILES string of the molecule is CC(Cc1cccs1)N[C@H](C)CO. The number of aliphatic hydroxyl groups is 1. The molecular formula is C10H17NOS. The molecule has 0 aliphatic heterocycles. The second-order valence-electron chi connectivity index (χ2n) is 3.43. The Labute approximate surface area is 83.6 Å². The first kappa shape index (κ1) is 10.7. The highest BCUT2D eigenvalue weighted by Gasteiger charge is 2.07. The quantitative estimate of drug-likeness (QED) is 0.756. The molecule has 0 amide bonds. The van der Waals surface area contributed by atoms with Crippen LogP contribution in [0.1, 0.15) is 18.7 Å². The smallest absolute Gasteiger partial charge is 0.0582 e. The maximum absolute atomic E-state index is 8.85. The van der Waals surface area contributed by atoms with Gasteiger partial charge in [-0.1, -0.05) is 6.07 Å². The molecule has 2 N–H and O–H groups in total. The van der Waals surface area contributed by atoms with Crippen molar-refractivity contribution in [3.63, 3.8) is 0 Å². The summed E-state index contributed by atoms with van der Waals surface area (Å²) in [5.41, 5.74) is 0. The first-order valence-corrected chi connectivity index (χ1v) is 5.49. The van der Waals surface area contributed by atoms with E-state index in [1.807, 2.05) is 6.92 Å². The summed E-state index contributed by atoms with van der Waals surface area (Å²) in [6.07, 6.45) is 1.04. The standard InChI is InChI=1S/C10H17NOS/c1-8(11-9(2)7-12)6-10-4-3-5-13-10/h3-5,8-9,11-12H,6-7H2,1-2H3/t8?,9-/m1/s1. The molecule has 74 valence electrons. The van der Waals surface area contributed by atoms with Gasteiger partial charge in [0, 0.05) is 17.0 Å². The van der Waals surface area contributed by atoms with Crippen molar-refractivity contribution in [2.75, 3.05) is 6.61 Å². The summed E-state index contributed by atoms with van der Waals surface area (Å²) < 4.78 is 0. The zero-order chi connectivity index (χ0) is 9.68. The molecule has 0 spiro atoms. The third-order valence-corrected chi connectivity index (χ3v) is 2.83. The second-order valence-corrected chi connectivity index (χ2v) is 4.47. The van der Waals surface area contributed by atoms with Crippen LogP contribution >= 0.6 is 11.3 Å². The van der Waals surface area contributed by atoms with E-state index in [1.165, 1.54) is 4.88 Å². The largest absolute Gasteiger partial charge is 0.395 e. The number of rotatable bonds is 5. The van der Waals surface area contributed by atoms with E-state index in [4.69, 9.17) is 5.11 Å². The van der Waals surface area contributed by atoms with Gasteiger partial charge in [0.2, 0.25) is 0 Å². The average Bonchev–Trinajstić information content (AvgIpc) is 2.56. The van der Waals surface area contributed by atoms with Crippen molar-refractivity contribution in [1.29, 1.82) is 0 Å². The summed E-state index contributed by atoms with van der Waals surface area (Å²) in [6, 6.07) is 4.84. The molecule has 1 aromatic heterocycles. The lowest BCUT2D eigenvalue weighted by Crippen LogP contribution is -2.37.